The summed E-state index contributed by atoms with van der Waals surface area (Å²) in [5.74, 6) is -2.32. The van der Waals surface area contributed by atoms with Crippen molar-refractivity contribution in [1.82, 2.24) is 14.1 Å². The van der Waals surface area contributed by atoms with Crippen molar-refractivity contribution in [2.45, 2.75) is 24.8 Å². The van der Waals surface area contributed by atoms with Gasteiger partial charge in [0.2, 0.25) is 10.0 Å². The number of carboxylic acids is 1. The van der Waals surface area contributed by atoms with E-state index >= 15 is 0 Å². The minimum absolute atomic E-state index is 0.0512. The van der Waals surface area contributed by atoms with E-state index in [-0.39, 0.29) is 30.4 Å². The van der Waals surface area contributed by atoms with Crippen molar-refractivity contribution in [1.29, 1.82) is 0 Å². The van der Waals surface area contributed by atoms with Crippen molar-refractivity contribution in [3.63, 3.8) is 0 Å². The topological polar surface area (TPSA) is 119 Å². The number of aliphatic carboxylic acids is 1. The van der Waals surface area contributed by atoms with E-state index in [0.717, 1.165) is 6.20 Å². The van der Waals surface area contributed by atoms with Gasteiger partial charge in [0.15, 0.2) is 0 Å². The van der Waals surface area contributed by atoms with Gasteiger partial charge in [-0.25, -0.2) is 8.42 Å². The lowest BCUT2D eigenvalue weighted by Gasteiger charge is -2.33. The lowest BCUT2D eigenvalue weighted by atomic mass is 9.92. The monoisotopic (exact) mass is 345 g/mol. The molecule has 1 N–H and O–H groups in total. The second-order valence-corrected chi connectivity index (χ2v) is 7.59. The molecule has 2 heterocycles. The van der Waals surface area contributed by atoms with Gasteiger partial charge < -0.3 is 9.84 Å². The molecular weight excluding hydrogens is 326 g/mol. The van der Waals surface area contributed by atoms with Crippen LogP contribution < -0.4 is 0 Å². The summed E-state index contributed by atoms with van der Waals surface area (Å²) >= 11 is 0. The van der Waals surface area contributed by atoms with Gasteiger partial charge in [-0.05, 0) is 12.3 Å². The van der Waals surface area contributed by atoms with Gasteiger partial charge in [0.05, 0.1) is 19.2 Å². The molecule has 0 aromatic carbocycles. The Hall–Kier alpha value is -1.94. The molecule has 0 amide bonds. The molecule has 0 aliphatic carbocycles. The van der Waals surface area contributed by atoms with Crippen molar-refractivity contribution in [2.24, 2.45) is 11.8 Å². The summed E-state index contributed by atoms with van der Waals surface area (Å²) in [7, 11) is -2.62. The van der Waals surface area contributed by atoms with Crippen LogP contribution in [0.25, 0.3) is 0 Å². The zero-order valence-corrected chi connectivity index (χ0v) is 13.7. The Bertz CT molecular complexity index is 698. The number of piperidine rings is 1. The summed E-state index contributed by atoms with van der Waals surface area (Å²) < 4.78 is 32.1. The van der Waals surface area contributed by atoms with Crippen molar-refractivity contribution >= 4 is 22.0 Å². The Labute approximate surface area is 133 Å². The molecule has 0 radical (unpaired) electrons. The summed E-state index contributed by atoms with van der Waals surface area (Å²) in [4.78, 5) is 22.3. The number of sulfonamides is 1. The number of nitrogens with zero attached hydrogens (tertiary/aromatic N) is 3. The number of rotatable bonds is 5. The number of ether oxygens (including phenoxy) is 1. The normalized spacial score (nSPS) is 22.7. The number of carboxylic acid groups (broad SMARTS) is 1. The predicted octanol–water partition coefficient (Wildman–Crippen LogP) is -0.213. The Morgan fingerprint density at radius 2 is 2.13 bits per heavy atom. The predicted molar refractivity (Wildman–Crippen MR) is 77.9 cm³/mol. The molecule has 23 heavy (non-hydrogen) atoms. The van der Waals surface area contributed by atoms with Gasteiger partial charge in [0, 0.05) is 19.3 Å². The Morgan fingerprint density at radius 1 is 1.43 bits per heavy atom. The lowest BCUT2D eigenvalue weighted by molar-refractivity contribution is -0.143. The summed E-state index contributed by atoms with van der Waals surface area (Å²) in [6.45, 7) is 1.82. The van der Waals surface area contributed by atoms with Gasteiger partial charge in [0.1, 0.15) is 11.4 Å². The number of hydrogen-bond acceptors (Lipinski definition) is 6. The molecule has 9 nitrogen and oxygen atoms in total. The van der Waals surface area contributed by atoms with E-state index < -0.39 is 27.9 Å². The summed E-state index contributed by atoms with van der Waals surface area (Å²) in [6.07, 6.45) is 2.83. The molecular formula is C13H19N3O6S. The van der Waals surface area contributed by atoms with E-state index in [2.05, 4.69) is 9.84 Å². The van der Waals surface area contributed by atoms with Crippen LogP contribution >= 0.6 is 0 Å². The second-order valence-electron chi connectivity index (χ2n) is 5.65. The standard InChI is InChI=1S/C13H19N3O6S/c1-9-3-10(13(18)19)6-16(5-9)23(20,21)11-4-14-15(7-11)8-12(17)22-2/h4,7,9-10H,3,5-6,8H2,1-2H3,(H,18,19). The fourth-order valence-electron chi connectivity index (χ4n) is 2.59. The first-order chi connectivity index (χ1) is 10.7. The van der Waals surface area contributed by atoms with Crippen LogP contribution in [0.15, 0.2) is 17.3 Å². The SMILES string of the molecule is COC(=O)Cn1cc(S(=O)(=O)N2CC(C)CC(C(=O)O)C2)cn1. The third-order valence-corrected chi connectivity index (χ3v) is 5.53. The number of esters is 1. The van der Waals surface area contributed by atoms with Crippen molar-refractivity contribution < 1.29 is 27.9 Å². The maximum atomic E-state index is 12.6. The third kappa shape index (κ3) is 3.88. The van der Waals surface area contributed by atoms with Crippen LogP contribution in [0, 0.1) is 11.8 Å². The van der Waals surface area contributed by atoms with E-state index in [1.807, 2.05) is 6.92 Å². The van der Waals surface area contributed by atoms with Crippen molar-refractivity contribution in [3.8, 4) is 0 Å². The molecule has 128 valence electrons. The van der Waals surface area contributed by atoms with Crippen LogP contribution in [0.4, 0.5) is 0 Å². The third-order valence-electron chi connectivity index (χ3n) is 3.74. The molecule has 0 bridgehead atoms. The molecule has 0 spiro atoms. The first-order valence-corrected chi connectivity index (χ1v) is 8.50. The summed E-state index contributed by atoms with van der Waals surface area (Å²) in [5.41, 5.74) is 0. The number of hydrogen-bond donors (Lipinski definition) is 1. The number of carbonyl (C=O) groups is 2. The van der Waals surface area contributed by atoms with Crippen molar-refractivity contribution in [3.05, 3.63) is 12.4 Å². The molecule has 1 fully saturated rings. The van der Waals surface area contributed by atoms with E-state index in [9.17, 15) is 18.0 Å². The molecule has 2 rings (SSSR count). The highest BCUT2D eigenvalue weighted by atomic mass is 32.2. The lowest BCUT2D eigenvalue weighted by Crippen LogP contribution is -2.45. The molecule has 1 aliphatic heterocycles. The van der Waals surface area contributed by atoms with Crippen molar-refractivity contribution in [2.75, 3.05) is 20.2 Å². The fourth-order valence-corrected chi connectivity index (χ4v) is 4.15. The first kappa shape index (κ1) is 17.4. The van der Waals surface area contributed by atoms with Gasteiger partial charge in [-0.15, -0.1) is 0 Å². The summed E-state index contributed by atoms with van der Waals surface area (Å²) in [5, 5.41) is 13.0. The average Bonchev–Trinajstić information content (AvgIpc) is 2.95. The molecule has 2 unspecified atom stereocenters. The summed E-state index contributed by atoms with van der Waals surface area (Å²) in [6, 6.07) is 0. The van der Waals surface area contributed by atoms with Gasteiger partial charge in [-0.3, -0.25) is 14.3 Å². The van der Waals surface area contributed by atoms with Gasteiger partial charge in [-0.1, -0.05) is 6.92 Å². The zero-order valence-electron chi connectivity index (χ0n) is 12.9. The molecule has 1 aromatic rings. The maximum absolute atomic E-state index is 12.6. The zero-order chi connectivity index (χ0) is 17.2. The first-order valence-electron chi connectivity index (χ1n) is 7.06. The van der Waals surface area contributed by atoms with Crippen LogP contribution in [-0.4, -0.2) is 59.7 Å². The Kier molecular flexibility index (Phi) is 5.05. The quantitative estimate of drug-likeness (QED) is 0.733. The van der Waals surface area contributed by atoms with Gasteiger partial charge in [0.25, 0.3) is 0 Å². The fraction of sp³-hybridized carbons (Fsp3) is 0.615. The van der Waals surface area contributed by atoms with Crippen LogP contribution in [-0.2, 0) is 30.9 Å². The highest BCUT2D eigenvalue weighted by Crippen LogP contribution is 2.26. The average molecular weight is 345 g/mol. The largest absolute Gasteiger partial charge is 0.481 e. The minimum atomic E-state index is -3.85. The van der Waals surface area contributed by atoms with Gasteiger partial charge >= 0.3 is 11.9 Å². The number of carbonyl (C=O) groups excluding carboxylic acids is 1. The Balaban J connectivity index is 2.20. The molecule has 1 aliphatic rings. The molecule has 2 atom stereocenters. The van der Waals surface area contributed by atoms with Crippen LogP contribution in [0.2, 0.25) is 0 Å². The van der Waals surface area contributed by atoms with Crippen LogP contribution in [0.5, 0.6) is 0 Å². The van der Waals surface area contributed by atoms with E-state index in [1.165, 1.54) is 22.3 Å². The molecule has 0 saturated carbocycles. The highest BCUT2D eigenvalue weighted by molar-refractivity contribution is 7.89. The highest BCUT2D eigenvalue weighted by Gasteiger charge is 2.36. The van der Waals surface area contributed by atoms with Crippen LogP contribution in [0.1, 0.15) is 13.3 Å². The van der Waals surface area contributed by atoms with E-state index in [1.54, 1.807) is 0 Å². The van der Waals surface area contributed by atoms with Crippen LogP contribution in [0.3, 0.4) is 0 Å². The number of aromatic nitrogens is 2. The van der Waals surface area contributed by atoms with Gasteiger partial charge in [-0.2, -0.15) is 9.40 Å². The second kappa shape index (κ2) is 6.67. The Morgan fingerprint density at radius 3 is 2.74 bits per heavy atom. The van der Waals surface area contributed by atoms with E-state index in [4.69, 9.17) is 5.11 Å². The molecule has 10 heteroatoms. The molecule has 1 saturated heterocycles. The molecule has 1 aromatic heterocycles. The van der Waals surface area contributed by atoms with E-state index in [0.29, 0.717) is 6.42 Å². The number of methoxy groups -OCH3 is 1. The minimum Gasteiger partial charge on any atom is -0.481 e. The maximum Gasteiger partial charge on any atom is 0.327 e. The smallest absolute Gasteiger partial charge is 0.327 e.